The Bertz CT molecular complexity index is 781. The van der Waals surface area contributed by atoms with Gasteiger partial charge in [-0.15, -0.1) is 0 Å². The van der Waals surface area contributed by atoms with Crippen molar-refractivity contribution in [1.82, 2.24) is 0 Å². The number of anilines is 2. The fraction of sp³-hybridized carbons (Fsp3) is 0.0769. The summed E-state index contributed by atoms with van der Waals surface area (Å²) in [5.74, 6) is -0.494. The lowest BCUT2D eigenvalue weighted by molar-refractivity contribution is 0.415. The van der Waals surface area contributed by atoms with Gasteiger partial charge < -0.3 is 10.5 Å². The number of ether oxygens (including phenoxy) is 1. The molecule has 0 aliphatic rings. The second kappa shape index (κ2) is 5.79. The second-order valence-electron chi connectivity index (χ2n) is 4.14. The highest BCUT2D eigenvalue weighted by Crippen LogP contribution is 2.29. The molecule has 0 heterocycles. The van der Waals surface area contributed by atoms with Crippen molar-refractivity contribution < 1.29 is 17.5 Å². The summed E-state index contributed by atoms with van der Waals surface area (Å²) in [4.78, 5) is -0.533. The van der Waals surface area contributed by atoms with Gasteiger partial charge in [0.25, 0.3) is 10.0 Å². The van der Waals surface area contributed by atoms with Crippen LogP contribution in [0.4, 0.5) is 15.8 Å². The average molecular weight is 331 g/mol. The van der Waals surface area contributed by atoms with Crippen LogP contribution in [0.1, 0.15) is 0 Å². The number of nitrogens with two attached hydrogens (primary N) is 1. The number of nitrogen functional groups attached to an aromatic ring is 1. The first kappa shape index (κ1) is 15.4. The standard InChI is InChI=1S/C13H12ClFN2O3S/c1-20-12-5-3-9(7-10(12)14)17-21(18,19)13-6-8(16)2-4-11(13)15/h2-7,17H,16H2,1H3. The Labute approximate surface area is 126 Å². The topological polar surface area (TPSA) is 81.4 Å². The lowest BCUT2D eigenvalue weighted by Crippen LogP contribution is -2.15. The molecule has 2 aromatic rings. The van der Waals surface area contributed by atoms with Crippen molar-refractivity contribution >= 4 is 33.0 Å². The van der Waals surface area contributed by atoms with E-state index in [0.717, 1.165) is 12.1 Å². The molecule has 0 fully saturated rings. The third kappa shape index (κ3) is 3.37. The van der Waals surface area contributed by atoms with Crippen LogP contribution in [0.25, 0.3) is 0 Å². The molecule has 21 heavy (non-hydrogen) atoms. The molecular weight excluding hydrogens is 319 g/mol. The van der Waals surface area contributed by atoms with Crippen LogP contribution in [0.2, 0.25) is 5.02 Å². The van der Waals surface area contributed by atoms with Gasteiger partial charge in [-0.05, 0) is 36.4 Å². The van der Waals surface area contributed by atoms with Crippen molar-refractivity contribution in [2.24, 2.45) is 0 Å². The molecular formula is C13H12ClFN2O3S. The molecule has 0 bridgehead atoms. The van der Waals surface area contributed by atoms with E-state index < -0.39 is 20.7 Å². The maximum Gasteiger partial charge on any atom is 0.264 e. The zero-order valence-corrected chi connectivity index (χ0v) is 12.5. The molecule has 0 saturated carbocycles. The van der Waals surface area contributed by atoms with Gasteiger partial charge in [-0.2, -0.15) is 0 Å². The summed E-state index contributed by atoms with van der Waals surface area (Å²) in [5.41, 5.74) is 5.81. The fourth-order valence-electron chi connectivity index (χ4n) is 1.67. The van der Waals surface area contributed by atoms with Crippen molar-refractivity contribution in [3.05, 3.63) is 47.2 Å². The first-order valence-corrected chi connectivity index (χ1v) is 7.61. The molecule has 0 aliphatic carbocycles. The third-order valence-electron chi connectivity index (χ3n) is 2.65. The normalized spacial score (nSPS) is 11.2. The van der Waals surface area contributed by atoms with Crippen LogP contribution in [-0.2, 0) is 10.0 Å². The quantitative estimate of drug-likeness (QED) is 0.845. The number of methoxy groups -OCH3 is 1. The molecule has 112 valence electrons. The summed E-state index contributed by atoms with van der Waals surface area (Å²) >= 11 is 5.91. The Hall–Kier alpha value is -1.99. The molecule has 0 saturated heterocycles. The zero-order valence-electron chi connectivity index (χ0n) is 10.9. The molecule has 8 heteroatoms. The van der Waals surface area contributed by atoms with Gasteiger partial charge in [0, 0.05) is 5.69 Å². The number of rotatable bonds is 4. The first-order valence-electron chi connectivity index (χ1n) is 5.75. The van der Waals surface area contributed by atoms with E-state index >= 15 is 0 Å². The highest BCUT2D eigenvalue weighted by atomic mass is 35.5. The van der Waals surface area contributed by atoms with Crippen LogP contribution in [0.15, 0.2) is 41.3 Å². The van der Waals surface area contributed by atoms with E-state index in [9.17, 15) is 12.8 Å². The molecule has 3 N–H and O–H groups in total. The predicted molar refractivity (Wildman–Crippen MR) is 79.6 cm³/mol. The Morgan fingerprint density at radius 1 is 1.24 bits per heavy atom. The molecule has 5 nitrogen and oxygen atoms in total. The smallest absolute Gasteiger partial charge is 0.264 e. The van der Waals surface area contributed by atoms with Crippen molar-refractivity contribution in [3.63, 3.8) is 0 Å². The predicted octanol–water partition coefficient (Wildman–Crippen LogP) is 2.87. The minimum atomic E-state index is -4.11. The van der Waals surface area contributed by atoms with Crippen molar-refractivity contribution in [2.75, 3.05) is 17.6 Å². The Morgan fingerprint density at radius 3 is 2.57 bits per heavy atom. The van der Waals surface area contributed by atoms with Crippen molar-refractivity contribution in [3.8, 4) is 5.75 Å². The van der Waals surface area contributed by atoms with E-state index in [-0.39, 0.29) is 16.4 Å². The monoisotopic (exact) mass is 330 g/mol. The summed E-state index contributed by atoms with van der Waals surface area (Å²) in [6, 6.07) is 7.62. The van der Waals surface area contributed by atoms with E-state index in [0.29, 0.717) is 5.75 Å². The molecule has 0 amide bonds. The van der Waals surface area contributed by atoms with Crippen LogP contribution in [0.3, 0.4) is 0 Å². The molecule has 0 aromatic heterocycles. The zero-order chi connectivity index (χ0) is 15.6. The Balaban J connectivity index is 2.37. The van der Waals surface area contributed by atoms with E-state index in [1.807, 2.05) is 0 Å². The largest absolute Gasteiger partial charge is 0.495 e. The molecule has 0 atom stereocenters. The minimum absolute atomic E-state index is 0.143. The second-order valence-corrected chi connectivity index (χ2v) is 6.20. The van der Waals surface area contributed by atoms with Gasteiger partial charge in [0.2, 0.25) is 0 Å². The Kier molecular flexibility index (Phi) is 4.24. The Morgan fingerprint density at radius 2 is 1.95 bits per heavy atom. The minimum Gasteiger partial charge on any atom is -0.495 e. The number of sulfonamides is 1. The average Bonchev–Trinajstić information content (AvgIpc) is 2.41. The lowest BCUT2D eigenvalue weighted by atomic mass is 10.3. The van der Waals surface area contributed by atoms with Gasteiger partial charge in [0.1, 0.15) is 16.5 Å². The van der Waals surface area contributed by atoms with Gasteiger partial charge in [-0.3, -0.25) is 4.72 Å². The summed E-state index contributed by atoms with van der Waals surface area (Å²) in [5, 5.41) is 0.228. The van der Waals surface area contributed by atoms with E-state index in [4.69, 9.17) is 22.1 Å². The van der Waals surface area contributed by atoms with Crippen LogP contribution in [0, 0.1) is 5.82 Å². The fourth-order valence-corrected chi connectivity index (χ4v) is 3.09. The molecule has 0 unspecified atom stereocenters. The summed E-state index contributed by atoms with van der Waals surface area (Å²) in [6.45, 7) is 0. The maximum atomic E-state index is 13.6. The molecule has 2 aromatic carbocycles. The van der Waals surface area contributed by atoms with E-state index in [1.54, 1.807) is 0 Å². The lowest BCUT2D eigenvalue weighted by Gasteiger charge is -2.11. The molecule has 0 radical (unpaired) electrons. The number of halogens is 2. The van der Waals surface area contributed by atoms with Gasteiger partial charge >= 0.3 is 0 Å². The van der Waals surface area contributed by atoms with E-state index in [1.165, 1.54) is 31.4 Å². The number of hydrogen-bond acceptors (Lipinski definition) is 4. The van der Waals surface area contributed by atoms with Gasteiger partial charge in [0.05, 0.1) is 17.8 Å². The summed E-state index contributed by atoms with van der Waals surface area (Å²) < 4.78 is 45.2. The first-order chi connectivity index (χ1) is 9.83. The van der Waals surface area contributed by atoms with E-state index in [2.05, 4.69) is 4.72 Å². The van der Waals surface area contributed by atoms with Gasteiger partial charge in [-0.1, -0.05) is 11.6 Å². The number of nitrogens with one attached hydrogen (secondary N) is 1. The van der Waals surface area contributed by atoms with Crippen LogP contribution in [-0.4, -0.2) is 15.5 Å². The van der Waals surface area contributed by atoms with Gasteiger partial charge in [0.15, 0.2) is 0 Å². The van der Waals surface area contributed by atoms with Crippen LogP contribution in [0.5, 0.6) is 5.75 Å². The third-order valence-corrected chi connectivity index (χ3v) is 4.34. The van der Waals surface area contributed by atoms with Crippen LogP contribution >= 0.6 is 11.6 Å². The molecule has 2 rings (SSSR count). The SMILES string of the molecule is COc1ccc(NS(=O)(=O)c2cc(N)ccc2F)cc1Cl. The highest BCUT2D eigenvalue weighted by Gasteiger charge is 2.20. The number of benzene rings is 2. The number of hydrogen-bond donors (Lipinski definition) is 2. The summed E-state index contributed by atoms with van der Waals surface area (Å²) in [7, 11) is -2.67. The maximum absolute atomic E-state index is 13.6. The molecule has 0 spiro atoms. The summed E-state index contributed by atoms with van der Waals surface area (Å²) in [6.07, 6.45) is 0. The van der Waals surface area contributed by atoms with Crippen molar-refractivity contribution in [2.45, 2.75) is 4.90 Å². The van der Waals surface area contributed by atoms with Crippen molar-refractivity contribution in [1.29, 1.82) is 0 Å². The van der Waals surface area contributed by atoms with Gasteiger partial charge in [-0.25, -0.2) is 12.8 Å². The highest BCUT2D eigenvalue weighted by molar-refractivity contribution is 7.92. The molecule has 0 aliphatic heterocycles. The van der Waals surface area contributed by atoms with Crippen LogP contribution < -0.4 is 15.2 Å².